The van der Waals surface area contributed by atoms with E-state index >= 15 is 0 Å². The molecular formula is C15H21NO3. The van der Waals surface area contributed by atoms with Crippen LogP contribution in [0, 0.1) is 0 Å². The molecule has 1 saturated heterocycles. The van der Waals surface area contributed by atoms with Crippen molar-refractivity contribution >= 4 is 6.29 Å². The average Bonchev–Trinajstić information content (AvgIpc) is 2.47. The lowest BCUT2D eigenvalue weighted by Crippen LogP contribution is -2.40. The molecule has 0 spiro atoms. The molecule has 1 aliphatic rings. The molecule has 0 aliphatic carbocycles. The van der Waals surface area contributed by atoms with Gasteiger partial charge in [0.05, 0.1) is 14.2 Å². The van der Waals surface area contributed by atoms with Gasteiger partial charge < -0.3 is 19.6 Å². The fourth-order valence-electron chi connectivity index (χ4n) is 2.95. The molecule has 0 unspecified atom stereocenters. The van der Waals surface area contributed by atoms with Crippen LogP contribution in [0.25, 0.3) is 0 Å². The van der Waals surface area contributed by atoms with Gasteiger partial charge in [-0.15, -0.1) is 0 Å². The van der Waals surface area contributed by atoms with Gasteiger partial charge >= 0.3 is 0 Å². The van der Waals surface area contributed by atoms with E-state index in [1.807, 2.05) is 12.1 Å². The third kappa shape index (κ3) is 2.59. The number of hydrogen-bond acceptors (Lipinski definition) is 4. The maximum atomic E-state index is 11.1. The number of ether oxygens (including phenoxy) is 2. The molecule has 0 radical (unpaired) electrons. The van der Waals surface area contributed by atoms with E-state index in [1.165, 1.54) is 0 Å². The minimum atomic E-state index is -0.132. The molecule has 1 aromatic carbocycles. The van der Waals surface area contributed by atoms with Gasteiger partial charge in [-0.3, -0.25) is 0 Å². The first kappa shape index (κ1) is 13.9. The summed E-state index contributed by atoms with van der Waals surface area (Å²) in [6.45, 7) is 1.85. The second kappa shape index (κ2) is 6.06. The third-order valence-corrected chi connectivity index (χ3v) is 4.01. The lowest BCUT2D eigenvalue weighted by Gasteiger charge is -2.37. The summed E-state index contributed by atoms with van der Waals surface area (Å²) in [7, 11) is 3.29. The smallest absolute Gasteiger partial charge is 0.164 e. The van der Waals surface area contributed by atoms with Crippen molar-refractivity contribution in [2.24, 2.45) is 0 Å². The summed E-state index contributed by atoms with van der Waals surface area (Å²) >= 11 is 0. The molecule has 4 heteroatoms. The maximum Gasteiger partial charge on any atom is 0.164 e. The first-order valence-corrected chi connectivity index (χ1v) is 6.63. The Kier molecular flexibility index (Phi) is 4.43. The Morgan fingerprint density at radius 3 is 2.58 bits per heavy atom. The molecule has 0 bridgehead atoms. The zero-order valence-electron chi connectivity index (χ0n) is 11.6. The van der Waals surface area contributed by atoms with Crippen LogP contribution in [0.5, 0.6) is 11.5 Å². The van der Waals surface area contributed by atoms with Gasteiger partial charge in [-0.05, 0) is 32.0 Å². The highest BCUT2D eigenvalue weighted by molar-refractivity contribution is 5.58. The maximum absolute atomic E-state index is 11.1. The van der Waals surface area contributed by atoms with Crippen molar-refractivity contribution in [3.63, 3.8) is 0 Å². The van der Waals surface area contributed by atoms with E-state index in [4.69, 9.17) is 9.47 Å². The topological polar surface area (TPSA) is 47.6 Å². The monoisotopic (exact) mass is 263 g/mol. The second-order valence-electron chi connectivity index (χ2n) is 4.94. The van der Waals surface area contributed by atoms with Gasteiger partial charge in [0.1, 0.15) is 6.29 Å². The number of para-hydroxylation sites is 1. The van der Waals surface area contributed by atoms with E-state index in [1.54, 1.807) is 14.2 Å². The Bertz CT molecular complexity index is 439. The summed E-state index contributed by atoms with van der Waals surface area (Å²) in [5, 5.41) is 3.35. The predicted octanol–water partition coefficient (Wildman–Crippen LogP) is 1.91. The highest BCUT2D eigenvalue weighted by atomic mass is 16.5. The number of methoxy groups -OCH3 is 2. The molecular weight excluding hydrogens is 242 g/mol. The zero-order chi connectivity index (χ0) is 13.7. The van der Waals surface area contributed by atoms with Crippen LogP contribution in [-0.2, 0) is 10.2 Å². The molecule has 1 heterocycles. The lowest BCUT2D eigenvalue weighted by atomic mass is 9.70. The standard InChI is InChI=1S/C15H21NO3/c1-18-13-5-3-4-12(14(13)19-2)15(8-11-17)6-9-16-10-7-15/h3-5,11,16H,6-10H2,1-2H3. The molecule has 0 atom stereocenters. The molecule has 1 fully saturated rings. The molecule has 1 aromatic rings. The van der Waals surface area contributed by atoms with Crippen LogP contribution in [0.4, 0.5) is 0 Å². The van der Waals surface area contributed by atoms with Gasteiger partial charge in [0.2, 0.25) is 0 Å². The number of hydrogen-bond donors (Lipinski definition) is 1. The Labute approximate surface area is 114 Å². The van der Waals surface area contributed by atoms with E-state index < -0.39 is 0 Å². The van der Waals surface area contributed by atoms with Gasteiger partial charge in [0.15, 0.2) is 11.5 Å². The molecule has 2 rings (SSSR count). The van der Waals surface area contributed by atoms with Crippen molar-refractivity contribution < 1.29 is 14.3 Å². The molecule has 104 valence electrons. The number of aldehydes is 1. The summed E-state index contributed by atoms with van der Waals surface area (Å²) in [5.74, 6) is 1.48. The zero-order valence-corrected chi connectivity index (χ0v) is 11.6. The number of rotatable bonds is 5. The SMILES string of the molecule is COc1cccc(C2(CC=O)CCNCC2)c1OC. The largest absolute Gasteiger partial charge is 0.493 e. The third-order valence-electron chi connectivity index (χ3n) is 4.01. The van der Waals surface area contributed by atoms with Gasteiger partial charge in [0.25, 0.3) is 0 Å². The minimum absolute atomic E-state index is 0.132. The number of benzene rings is 1. The first-order chi connectivity index (χ1) is 9.27. The predicted molar refractivity (Wildman–Crippen MR) is 74.0 cm³/mol. The number of piperidine rings is 1. The van der Waals surface area contributed by atoms with E-state index in [2.05, 4.69) is 11.4 Å². The average molecular weight is 263 g/mol. The van der Waals surface area contributed by atoms with E-state index in [0.717, 1.165) is 49.3 Å². The minimum Gasteiger partial charge on any atom is -0.493 e. The van der Waals surface area contributed by atoms with Crippen molar-refractivity contribution in [1.82, 2.24) is 5.32 Å². The van der Waals surface area contributed by atoms with Crippen LogP contribution in [0.2, 0.25) is 0 Å². The van der Waals surface area contributed by atoms with Gasteiger partial charge in [-0.25, -0.2) is 0 Å². The van der Waals surface area contributed by atoms with Gasteiger partial charge in [0, 0.05) is 17.4 Å². The fourth-order valence-corrected chi connectivity index (χ4v) is 2.95. The van der Waals surface area contributed by atoms with Crippen molar-refractivity contribution in [2.45, 2.75) is 24.7 Å². The van der Waals surface area contributed by atoms with E-state index in [-0.39, 0.29) is 5.41 Å². The van der Waals surface area contributed by atoms with Gasteiger partial charge in [-0.2, -0.15) is 0 Å². The normalized spacial score (nSPS) is 17.8. The molecule has 4 nitrogen and oxygen atoms in total. The molecule has 0 amide bonds. The summed E-state index contributed by atoms with van der Waals surface area (Å²) in [6.07, 6.45) is 3.42. The highest BCUT2D eigenvalue weighted by Crippen LogP contribution is 2.44. The van der Waals surface area contributed by atoms with Crippen LogP contribution in [0.15, 0.2) is 18.2 Å². The fraction of sp³-hybridized carbons (Fsp3) is 0.533. The first-order valence-electron chi connectivity index (χ1n) is 6.63. The molecule has 0 aromatic heterocycles. The van der Waals surface area contributed by atoms with Crippen LogP contribution in [0.1, 0.15) is 24.8 Å². The summed E-state index contributed by atoms with van der Waals surface area (Å²) in [6, 6.07) is 5.90. The number of carbonyl (C=O) groups is 1. The Morgan fingerprint density at radius 2 is 2.00 bits per heavy atom. The van der Waals surface area contributed by atoms with E-state index in [9.17, 15) is 4.79 Å². The van der Waals surface area contributed by atoms with Gasteiger partial charge in [-0.1, -0.05) is 12.1 Å². The van der Waals surface area contributed by atoms with Crippen LogP contribution in [0.3, 0.4) is 0 Å². The Morgan fingerprint density at radius 1 is 1.26 bits per heavy atom. The van der Waals surface area contributed by atoms with Crippen molar-refractivity contribution in [3.8, 4) is 11.5 Å². The van der Waals surface area contributed by atoms with Crippen LogP contribution < -0.4 is 14.8 Å². The number of nitrogens with one attached hydrogen (secondary N) is 1. The second-order valence-corrected chi connectivity index (χ2v) is 4.94. The summed E-state index contributed by atoms with van der Waals surface area (Å²) in [4.78, 5) is 11.1. The molecule has 1 N–H and O–H groups in total. The van der Waals surface area contributed by atoms with Crippen molar-refractivity contribution in [3.05, 3.63) is 23.8 Å². The molecule has 1 aliphatic heterocycles. The lowest BCUT2D eigenvalue weighted by molar-refractivity contribution is -0.109. The summed E-state index contributed by atoms with van der Waals surface area (Å²) in [5.41, 5.74) is 0.954. The quantitative estimate of drug-likeness (QED) is 0.824. The highest BCUT2D eigenvalue weighted by Gasteiger charge is 2.36. The number of carbonyl (C=O) groups excluding carboxylic acids is 1. The van der Waals surface area contributed by atoms with Crippen molar-refractivity contribution in [2.75, 3.05) is 27.3 Å². The Balaban J connectivity index is 2.49. The molecule has 19 heavy (non-hydrogen) atoms. The van der Waals surface area contributed by atoms with E-state index in [0.29, 0.717) is 6.42 Å². The molecule has 0 saturated carbocycles. The Hall–Kier alpha value is -1.55. The van der Waals surface area contributed by atoms with Crippen LogP contribution in [-0.4, -0.2) is 33.6 Å². The van der Waals surface area contributed by atoms with Crippen LogP contribution >= 0.6 is 0 Å². The van der Waals surface area contributed by atoms with Crippen molar-refractivity contribution in [1.29, 1.82) is 0 Å². The summed E-state index contributed by atoms with van der Waals surface area (Å²) < 4.78 is 10.9.